The highest BCUT2D eigenvalue weighted by Crippen LogP contribution is 2.40. The van der Waals surface area contributed by atoms with E-state index in [1.54, 1.807) is 42.5 Å². The lowest BCUT2D eigenvalue weighted by Crippen LogP contribution is -2.56. The monoisotopic (exact) mass is 418 g/mol. The molecule has 2 heterocycles. The fraction of sp³-hybridized carbons (Fsp3) is 0.318. The maximum atomic E-state index is 14.1. The van der Waals surface area contributed by atoms with Crippen LogP contribution in [0, 0.1) is 0 Å². The number of hydrogen-bond donors (Lipinski definition) is 0. The lowest BCUT2D eigenvalue weighted by molar-refractivity contribution is -0.315. The zero-order valence-corrected chi connectivity index (χ0v) is 16.1. The smallest absolute Gasteiger partial charge is 0.338 e. The highest BCUT2D eigenvalue weighted by molar-refractivity contribution is 5.89. The Balaban J connectivity index is 1.61. The molecular weight excluding hydrogens is 398 g/mol. The molecule has 2 aromatic carbocycles. The summed E-state index contributed by atoms with van der Waals surface area (Å²) in [6.45, 7) is 0.0141. The molecule has 2 fully saturated rings. The quantitative estimate of drug-likeness (QED) is 0.703. The van der Waals surface area contributed by atoms with Gasteiger partial charge in [0, 0.05) is 12.7 Å². The molecule has 2 saturated heterocycles. The molecule has 2 aliphatic heterocycles. The molecule has 30 heavy (non-hydrogen) atoms. The van der Waals surface area contributed by atoms with E-state index < -0.39 is 48.5 Å². The Morgan fingerprint density at radius 3 is 2.30 bits per heavy atom. The van der Waals surface area contributed by atoms with E-state index >= 15 is 0 Å². The summed E-state index contributed by atoms with van der Waals surface area (Å²) in [5.74, 6) is -0.768. The van der Waals surface area contributed by atoms with Crippen molar-refractivity contribution in [1.29, 1.82) is 0 Å². The highest BCUT2D eigenvalue weighted by atomic mass is 19.3. The molecule has 0 aliphatic carbocycles. The number of benzene rings is 2. The Labute approximate surface area is 171 Å². The van der Waals surface area contributed by atoms with Gasteiger partial charge in [-0.15, -0.1) is 0 Å². The van der Waals surface area contributed by atoms with Crippen molar-refractivity contribution >= 4 is 5.97 Å². The van der Waals surface area contributed by atoms with Crippen molar-refractivity contribution in [3.8, 4) is 0 Å². The normalized spacial score (nSPS) is 28.5. The van der Waals surface area contributed by atoms with Gasteiger partial charge in [-0.05, 0) is 12.1 Å². The van der Waals surface area contributed by atoms with Crippen LogP contribution in [0.4, 0.5) is 8.78 Å². The van der Waals surface area contributed by atoms with E-state index in [2.05, 4.69) is 0 Å². The molecule has 5 atom stereocenters. The van der Waals surface area contributed by atoms with Gasteiger partial charge >= 0.3 is 5.97 Å². The number of hydrogen-bond acceptors (Lipinski definition) is 6. The van der Waals surface area contributed by atoms with Gasteiger partial charge in [-0.3, -0.25) is 0 Å². The van der Waals surface area contributed by atoms with Crippen molar-refractivity contribution in [1.82, 2.24) is 0 Å². The largest absolute Gasteiger partial charge is 0.448 e. The van der Waals surface area contributed by atoms with Crippen LogP contribution < -0.4 is 0 Å². The van der Waals surface area contributed by atoms with E-state index in [9.17, 15) is 13.6 Å². The van der Waals surface area contributed by atoms with E-state index in [0.29, 0.717) is 5.56 Å². The molecule has 0 bridgehead atoms. The summed E-state index contributed by atoms with van der Waals surface area (Å²) in [5, 5.41) is 0. The zero-order chi connectivity index (χ0) is 21.1. The summed E-state index contributed by atoms with van der Waals surface area (Å²) < 4.78 is 56.0. The van der Waals surface area contributed by atoms with E-state index in [1.165, 1.54) is 19.2 Å². The fourth-order valence-electron chi connectivity index (χ4n) is 3.52. The van der Waals surface area contributed by atoms with E-state index in [0.717, 1.165) is 0 Å². The van der Waals surface area contributed by atoms with Crippen LogP contribution >= 0.6 is 0 Å². The second kappa shape index (κ2) is 9.01. The van der Waals surface area contributed by atoms with E-state index in [1.807, 2.05) is 6.07 Å². The number of fused-ring (bicyclic) bond motifs is 1. The van der Waals surface area contributed by atoms with Gasteiger partial charge in [0.15, 0.2) is 18.7 Å². The van der Waals surface area contributed by atoms with Crippen LogP contribution in [0.2, 0.25) is 0 Å². The molecule has 8 heteroatoms. The van der Waals surface area contributed by atoms with Crippen LogP contribution in [0.3, 0.4) is 0 Å². The van der Waals surface area contributed by atoms with Crippen LogP contribution in [0.5, 0.6) is 0 Å². The van der Waals surface area contributed by atoms with Gasteiger partial charge in [-0.2, -0.15) is 8.78 Å². The van der Waals surface area contributed by atoms with Gasteiger partial charge in [0.1, 0.15) is 12.2 Å². The third-order valence-corrected chi connectivity index (χ3v) is 4.95. The summed E-state index contributed by atoms with van der Waals surface area (Å²) in [6.07, 6.45) is -7.55. The van der Waals surface area contributed by atoms with Gasteiger partial charge in [0.25, 0.3) is 6.08 Å². The van der Waals surface area contributed by atoms with E-state index in [4.69, 9.17) is 23.7 Å². The first kappa shape index (κ1) is 20.6. The van der Waals surface area contributed by atoms with Crippen LogP contribution in [-0.2, 0) is 23.7 Å². The third kappa shape index (κ3) is 4.13. The summed E-state index contributed by atoms with van der Waals surface area (Å²) >= 11 is 0. The van der Waals surface area contributed by atoms with Gasteiger partial charge in [0.05, 0.1) is 17.7 Å². The van der Waals surface area contributed by atoms with Crippen molar-refractivity contribution in [2.24, 2.45) is 0 Å². The second-order valence-corrected chi connectivity index (χ2v) is 6.82. The van der Waals surface area contributed by atoms with Gasteiger partial charge < -0.3 is 23.7 Å². The average Bonchev–Trinajstić information content (AvgIpc) is 2.79. The topological polar surface area (TPSA) is 63.2 Å². The Bertz CT molecular complexity index is 900. The van der Waals surface area contributed by atoms with Crippen LogP contribution in [0.15, 0.2) is 72.3 Å². The molecule has 158 valence electrons. The van der Waals surface area contributed by atoms with Crippen molar-refractivity contribution in [2.45, 2.75) is 30.9 Å². The number of esters is 1. The van der Waals surface area contributed by atoms with Crippen molar-refractivity contribution in [2.75, 3.05) is 13.7 Å². The van der Waals surface area contributed by atoms with Crippen molar-refractivity contribution in [3.63, 3.8) is 0 Å². The lowest BCUT2D eigenvalue weighted by atomic mass is 9.95. The Hall–Kier alpha value is -2.65. The molecule has 1 unspecified atom stereocenters. The molecule has 2 aliphatic rings. The molecule has 2 aromatic rings. The molecule has 0 radical (unpaired) electrons. The molecule has 0 aromatic heterocycles. The number of methoxy groups -OCH3 is 1. The van der Waals surface area contributed by atoms with Crippen molar-refractivity contribution < 1.29 is 37.3 Å². The van der Waals surface area contributed by atoms with Crippen LogP contribution in [0.1, 0.15) is 22.2 Å². The maximum absolute atomic E-state index is 14.1. The predicted octanol–water partition coefficient (Wildman–Crippen LogP) is 3.85. The van der Waals surface area contributed by atoms with Crippen LogP contribution in [-0.4, -0.2) is 44.3 Å². The highest BCUT2D eigenvalue weighted by Gasteiger charge is 2.50. The Kier molecular flexibility index (Phi) is 6.19. The van der Waals surface area contributed by atoms with Crippen molar-refractivity contribution in [3.05, 3.63) is 83.4 Å². The lowest BCUT2D eigenvalue weighted by Gasteiger charge is -2.45. The standard InChI is InChI=1S/C22H20F2O6/c1-26-22-18(29-20(25)13-8-4-2-5-9-13)16(19(23)24)17-15(28-22)12-27-21(30-17)14-10-6-3-7-11-14/h2-11,15,17-18,21-22H,12H2,1H3/t15-,17-,18-,21?,22+/m1/s1. The van der Waals surface area contributed by atoms with Gasteiger partial charge in [0.2, 0.25) is 0 Å². The summed E-state index contributed by atoms with van der Waals surface area (Å²) in [4.78, 5) is 12.5. The minimum absolute atomic E-state index is 0.0141. The SMILES string of the molecule is CO[C@H]1O[C@@H]2COC(c3ccccc3)O[C@H]2C(=C(F)F)[C@H]1OC(=O)c1ccccc1. The van der Waals surface area contributed by atoms with Gasteiger partial charge in [-0.25, -0.2) is 4.79 Å². The molecule has 6 nitrogen and oxygen atoms in total. The molecule has 4 rings (SSSR count). The summed E-state index contributed by atoms with van der Waals surface area (Å²) in [5.41, 5.74) is 0.427. The second-order valence-electron chi connectivity index (χ2n) is 6.82. The number of halogens is 2. The molecule has 0 N–H and O–H groups in total. The predicted molar refractivity (Wildman–Crippen MR) is 101 cm³/mol. The van der Waals surface area contributed by atoms with E-state index in [-0.39, 0.29) is 12.2 Å². The maximum Gasteiger partial charge on any atom is 0.338 e. The Morgan fingerprint density at radius 2 is 1.67 bits per heavy atom. The first-order valence-corrected chi connectivity index (χ1v) is 9.40. The summed E-state index contributed by atoms with van der Waals surface area (Å²) in [6, 6.07) is 17.1. The minimum atomic E-state index is -2.00. The first-order chi connectivity index (χ1) is 14.6. The molecular formula is C22H20F2O6. The zero-order valence-electron chi connectivity index (χ0n) is 16.1. The van der Waals surface area contributed by atoms with Crippen LogP contribution in [0.25, 0.3) is 0 Å². The summed E-state index contributed by atoms with van der Waals surface area (Å²) in [7, 11) is 1.29. The number of rotatable bonds is 4. The average molecular weight is 418 g/mol. The molecule has 0 spiro atoms. The number of carbonyl (C=O) groups excluding carboxylic acids is 1. The van der Waals surface area contributed by atoms with Gasteiger partial charge in [-0.1, -0.05) is 48.5 Å². The minimum Gasteiger partial charge on any atom is -0.448 e. The fourth-order valence-corrected chi connectivity index (χ4v) is 3.52. The number of ether oxygens (including phenoxy) is 5. The molecule has 0 amide bonds. The number of carbonyl (C=O) groups is 1. The third-order valence-electron chi connectivity index (χ3n) is 4.95. The molecule has 0 saturated carbocycles. The Morgan fingerprint density at radius 1 is 1.00 bits per heavy atom. The first-order valence-electron chi connectivity index (χ1n) is 9.40.